The zero-order chi connectivity index (χ0) is 19.4. The molecule has 0 bridgehead atoms. The van der Waals surface area contributed by atoms with Gasteiger partial charge in [0.25, 0.3) is 5.91 Å². The van der Waals surface area contributed by atoms with E-state index in [0.29, 0.717) is 29.0 Å². The summed E-state index contributed by atoms with van der Waals surface area (Å²) in [6.45, 7) is 6.25. The van der Waals surface area contributed by atoms with Crippen LogP contribution in [0.3, 0.4) is 0 Å². The van der Waals surface area contributed by atoms with Crippen molar-refractivity contribution in [1.29, 1.82) is 0 Å². The molecule has 1 aromatic carbocycles. The maximum atomic E-state index is 12.8. The number of halogens is 1. The Bertz CT molecular complexity index is 911. The van der Waals surface area contributed by atoms with Gasteiger partial charge in [0, 0.05) is 11.6 Å². The van der Waals surface area contributed by atoms with Gasteiger partial charge in [-0.3, -0.25) is 4.79 Å². The van der Waals surface area contributed by atoms with E-state index >= 15 is 0 Å². The first kappa shape index (κ1) is 19.4. The van der Waals surface area contributed by atoms with Crippen LogP contribution in [0.1, 0.15) is 25.3 Å². The van der Waals surface area contributed by atoms with Crippen molar-refractivity contribution in [3.05, 3.63) is 52.2 Å². The quantitative estimate of drug-likeness (QED) is 0.575. The highest BCUT2D eigenvalue weighted by molar-refractivity contribution is 7.13. The number of aromatic nitrogens is 2. The lowest BCUT2D eigenvalue weighted by Gasteiger charge is -2.23. The molecule has 6 nitrogen and oxygen atoms in total. The molecule has 2 heterocycles. The lowest BCUT2D eigenvalue weighted by atomic mass is 10.2. The van der Waals surface area contributed by atoms with Crippen LogP contribution >= 0.6 is 22.9 Å². The van der Waals surface area contributed by atoms with Gasteiger partial charge in [0.05, 0.1) is 4.88 Å². The van der Waals surface area contributed by atoms with Gasteiger partial charge in [0.2, 0.25) is 11.7 Å². The van der Waals surface area contributed by atoms with Gasteiger partial charge >= 0.3 is 0 Å². The Labute approximate surface area is 166 Å². The Morgan fingerprint density at radius 1 is 1.41 bits per heavy atom. The van der Waals surface area contributed by atoms with E-state index in [1.54, 1.807) is 24.0 Å². The third-order valence-corrected chi connectivity index (χ3v) is 5.31. The van der Waals surface area contributed by atoms with E-state index in [0.717, 1.165) is 10.4 Å². The first-order valence-corrected chi connectivity index (χ1v) is 9.81. The molecule has 0 fully saturated rings. The second-order valence-electron chi connectivity index (χ2n) is 6.01. The van der Waals surface area contributed by atoms with Crippen molar-refractivity contribution in [2.24, 2.45) is 0 Å². The molecule has 0 aliphatic heterocycles. The van der Waals surface area contributed by atoms with Crippen LogP contribution in [0.25, 0.3) is 10.7 Å². The van der Waals surface area contributed by atoms with E-state index in [1.807, 2.05) is 37.4 Å². The molecule has 0 unspecified atom stereocenters. The Kier molecular flexibility index (Phi) is 6.13. The van der Waals surface area contributed by atoms with Crippen molar-refractivity contribution in [1.82, 2.24) is 15.0 Å². The summed E-state index contributed by atoms with van der Waals surface area (Å²) in [5, 5.41) is 6.59. The summed E-state index contributed by atoms with van der Waals surface area (Å²) in [4.78, 5) is 19.7. The van der Waals surface area contributed by atoms with Gasteiger partial charge in [0.1, 0.15) is 12.3 Å². The number of hydrogen-bond donors (Lipinski definition) is 0. The third kappa shape index (κ3) is 4.67. The van der Waals surface area contributed by atoms with Crippen molar-refractivity contribution in [3.8, 4) is 16.5 Å². The van der Waals surface area contributed by atoms with Gasteiger partial charge in [0.15, 0.2) is 6.10 Å². The summed E-state index contributed by atoms with van der Waals surface area (Å²) in [5.41, 5.74) is 0.896. The van der Waals surface area contributed by atoms with Crippen molar-refractivity contribution in [2.45, 2.75) is 33.4 Å². The van der Waals surface area contributed by atoms with Crippen LogP contribution in [0, 0.1) is 6.92 Å². The first-order valence-electron chi connectivity index (χ1n) is 8.56. The largest absolute Gasteiger partial charge is 0.481 e. The number of amides is 1. The van der Waals surface area contributed by atoms with Crippen LogP contribution in [0.5, 0.6) is 5.75 Å². The van der Waals surface area contributed by atoms with Crippen molar-refractivity contribution in [2.75, 3.05) is 6.54 Å². The Balaban J connectivity index is 1.65. The molecule has 0 N–H and O–H groups in total. The molecule has 3 rings (SSSR count). The normalized spacial score (nSPS) is 12.0. The van der Waals surface area contributed by atoms with Crippen LogP contribution in [0.4, 0.5) is 0 Å². The minimum atomic E-state index is -0.648. The number of thiophene rings is 1. The number of rotatable bonds is 7. The van der Waals surface area contributed by atoms with Crippen LogP contribution in [-0.4, -0.2) is 33.6 Å². The molecule has 1 atom stereocenters. The van der Waals surface area contributed by atoms with Gasteiger partial charge in [-0.05, 0) is 56.0 Å². The first-order chi connectivity index (χ1) is 13.0. The van der Waals surface area contributed by atoms with E-state index in [1.165, 1.54) is 11.3 Å². The fraction of sp³-hybridized carbons (Fsp3) is 0.316. The van der Waals surface area contributed by atoms with Crippen LogP contribution in [-0.2, 0) is 11.3 Å². The van der Waals surface area contributed by atoms with Crippen LogP contribution in [0.15, 0.2) is 40.2 Å². The molecular formula is C19H20ClN3O3S. The number of hydrogen-bond acceptors (Lipinski definition) is 6. The molecule has 0 aliphatic rings. The van der Waals surface area contributed by atoms with E-state index in [-0.39, 0.29) is 12.5 Å². The molecule has 0 saturated carbocycles. The molecule has 0 aliphatic carbocycles. The molecule has 0 radical (unpaired) electrons. The van der Waals surface area contributed by atoms with Gasteiger partial charge in [-0.1, -0.05) is 22.8 Å². The van der Waals surface area contributed by atoms with Gasteiger partial charge < -0.3 is 14.2 Å². The highest BCUT2D eigenvalue weighted by Crippen LogP contribution is 2.23. The highest BCUT2D eigenvalue weighted by atomic mass is 35.5. The lowest BCUT2D eigenvalue weighted by molar-refractivity contribution is -0.138. The summed E-state index contributed by atoms with van der Waals surface area (Å²) in [6, 6.07) is 9.17. The van der Waals surface area contributed by atoms with E-state index in [4.69, 9.17) is 20.9 Å². The molecular weight excluding hydrogens is 386 g/mol. The summed E-state index contributed by atoms with van der Waals surface area (Å²) in [5.74, 6) is 1.38. The smallest absolute Gasteiger partial charge is 0.263 e. The second kappa shape index (κ2) is 8.54. The number of carbonyl (C=O) groups is 1. The van der Waals surface area contributed by atoms with Gasteiger partial charge in [-0.2, -0.15) is 4.98 Å². The monoisotopic (exact) mass is 405 g/mol. The number of nitrogens with zero attached hydrogens (tertiary/aromatic N) is 3. The SMILES string of the molecule is CCN(Cc1nc(-c2cccs2)no1)C(=O)[C@@H](C)Oc1ccc(Cl)c(C)c1. The lowest BCUT2D eigenvalue weighted by Crippen LogP contribution is -2.40. The average Bonchev–Trinajstić information content (AvgIpc) is 3.33. The zero-order valence-electron chi connectivity index (χ0n) is 15.3. The number of likely N-dealkylation sites (N-methyl/N-ethyl adjacent to an activating group) is 1. The molecule has 1 amide bonds. The predicted molar refractivity (Wildman–Crippen MR) is 105 cm³/mol. The van der Waals surface area contributed by atoms with E-state index in [9.17, 15) is 4.79 Å². The number of carbonyl (C=O) groups excluding carboxylic acids is 1. The topological polar surface area (TPSA) is 68.5 Å². The van der Waals surface area contributed by atoms with E-state index < -0.39 is 6.10 Å². The maximum Gasteiger partial charge on any atom is 0.263 e. The fourth-order valence-electron chi connectivity index (χ4n) is 2.54. The summed E-state index contributed by atoms with van der Waals surface area (Å²) < 4.78 is 11.1. The minimum absolute atomic E-state index is 0.152. The average molecular weight is 406 g/mol. The Morgan fingerprint density at radius 2 is 2.22 bits per heavy atom. The second-order valence-corrected chi connectivity index (χ2v) is 7.37. The maximum absolute atomic E-state index is 12.8. The summed E-state index contributed by atoms with van der Waals surface area (Å²) in [7, 11) is 0. The molecule has 3 aromatic rings. The molecule has 0 saturated heterocycles. The Hall–Kier alpha value is -2.38. The number of aryl methyl sites for hydroxylation is 1. The molecule has 8 heteroatoms. The van der Waals surface area contributed by atoms with Gasteiger partial charge in [-0.15, -0.1) is 11.3 Å². The van der Waals surface area contributed by atoms with Crippen molar-refractivity contribution >= 4 is 28.8 Å². The summed E-state index contributed by atoms with van der Waals surface area (Å²) >= 11 is 7.56. The highest BCUT2D eigenvalue weighted by Gasteiger charge is 2.23. The molecule has 2 aromatic heterocycles. The molecule has 27 heavy (non-hydrogen) atoms. The van der Waals surface area contributed by atoms with Crippen molar-refractivity contribution < 1.29 is 14.1 Å². The fourth-order valence-corrected chi connectivity index (χ4v) is 3.30. The van der Waals surface area contributed by atoms with E-state index in [2.05, 4.69) is 10.1 Å². The number of ether oxygens (including phenoxy) is 1. The molecule has 0 spiro atoms. The zero-order valence-corrected chi connectivity index (χ0v) is 16.9. The number of benzene rings is 1. The molecule has 142 valence electrons. The van der Waals surface area contributed by atoms with Crippen LogP contribution < -0.4 is 4.74 Å². The third-order valence-electron chi connectivity index (χ3n) is 4.02. The van der Waals surface area contributed by atoms with Crippen LogP contribution in [0.2, 0.25) is 5.02 Å². The standard InChI is InChI=1S/C19H20ClN3O3S/c1-4-23(11-17-21-18(22-26-17)16-6-5-9-27-16)19(24)13(3)25-14-7-8-15(20)12(2)10-14/h5-10,13H,4,11H2,1-3H3/t13-/m1/s1. The Morgan fingerprint density at radius 3 is 2.89 bits per heavy atom. The van der Waals surface area contributed by atoms with Crippen molar-refractivity contribution in [3.63, 3.8) is 0 Å². The summed E-state index contributed by atoms with van der Waals surface area (Å²) in [6.07, 6.45) is -0.648. The van der Waals surface area contributed by atoms with Gasteiger partial charge in [-0.25, -0.2) is 0 Å². The minimum Gasteiger partial charge on any atom is -0.481 e. The predicted octanol–water partition coefficient (Wildman–Crippen LogP) is 4.58.